The van der Waals surface area contributed by atoms with Crippen LogP contribution in [0.1, 0.15) is 48.0 Å². The zero-order valence-corrected chi connectivity index (χ0v) is 13.8. The smallest absolute Gasteiger partial charge is 0.254 e. The molecule has 2 atom stereocenters. The lowest BCUT2D eigenvalue weighted by atomic mass is 9.83. The number of rotatable bonds is 2. The molecule has 0 unspecified atom stereocenters. The summed E-state index contributed by atoms with van der Waals surface area (Å²) in [5.74, 6) is 0.985. The largest absolute Gasteiger partial charge is 0.338 e. The van der Waals surface area contributed by atoms with Crippen LogP contribution in [0.5, 0.6) is 0 Å². The normalized spacial score (nSPS) is 28.7. The number of likely N-dealkylation sites (tertiary alicyclic amines) is 2. The number of hydrogen-bond donors (Lipinski definition) is 0. The average Bonchev–Trinajstić information content (AvgIpc) is 3.26. The maximum atomic E-state index is 12.7. The highest BCUT2D eigenvalue weighted by molar-refractivity contribution is 7.08. The van der Waals surface area contributed by atoms with Crippen LogP contribution in [0.4, 0.5) is 0 Å². The molecule has 5 heteroatoms. The number of thiophene rings is 1. The minimum atomic E-state index is 0.173. The van der Waals surface area contributed by atoms with E-state index >= 15 is 0 Å². The van der Waals surface area contributed by atoms with Gasteiger partial charge in [0.05, 0.1) is 5.56 Å². The lowest BCUT2D eigenvalue weighted by molar-refractivity contribution is -0.141. The molecule has 0 aromatic carbocycles. The zero-order chi connectivity index (χ0) is 15.3. The van der Waals surface area contributed by atoms with E-state index in [1.807, 2.05) is 22.6 Å². The monoisotopic (exact) mass is 318 g/mol. The first-order valence-electron chi connectivity index (χ1n) is 8.28. The Balaban J connectivity index is 1.49. The summed E-state index contributed by atoms with van der Waals surface area (Å²) in [6.45, 7) is 3.60. The Morgan fingerprint density at radius 1 is 1.23 bits per heavy atom. The first-order valence-corrected chi connectivity index (χ1v) is 9.22. The molecule has 2 aliphatic heterocycles. The molecule has 3 heterocycles. The minimum absolute atomic E-state index is 0.173. The SMILES string of the molecule is Cc1cscc1C(=O)N1CC[C@@H]2[C@H](CCC(=O)N2C2CC2)C1. The first kappa shape index (κ1) is 14.2. The molecule has 0 bridgehead atoms. The molecular formula is C17H22N2O2S. The maximum Gasteiger partial charge on any atom is 0.254 e. The van der Waals surface area contributed by atoms with E-state index in [1.54, 1.807) is 11.3 Å². The number of carbonyl (C=O) groups is 2. The van der Waals surface area contributed by atoms with Gasteiger partial charge in [0.15, 0.2) is 0 Å². The summed E-state index contributed by atoms with van der Waals surface area (Å²) in [4.78, 5) is 29.1. The molecular weight excluding hydrogens is 296 g/mol. The van der Waals surface area contributed by atoms with Crippen molar-refractivity contribution in [2.75, 3.05) is 13.1 Å². The predicted octanol–water partition coefficient (Wildman–Crippen LogP) is 2.67. The van der Waals surface area contributed by atoms with Gasteiger partial charge >= 0.3 is 0 Å². The maximum absolute atomic E-state index is 12.7. The molecule has 22 heavy (non-hydrogen) atoms. The van der Waals surface area contributed by atoms with Crippen LogP contribution in [0, 0.1) is 12.8 Å². The topological polar surface area (TPSA) is 40.6 Å². The van der Waals surface area contributed by atoms with E-state index in [2.05, 4.69) is 4.90 Å². The van der Waals surface area contributed by atoms with Gasteiger partial charge in [0.2, 0.25) is 5.91 Å². The first-order chi connectivity index (χ1) is 10.6. The van der Waals surface area contributed by atoms with Gasteiger partial charge in [-0.2, -0.15) is 11.3 Å². The minimum Gasteiger partial charge on any atom is -0.338 e. The predicted molar refractivity (Wildman–Crippen MR) is 86.0 cm³/mol. The third kappa shape index (κ3) is 2.35. The van der Waals surface area contributed by atoms with Gasteiger partial charge in [-0.1, -0.05) is 0 Å². The molecule has 0 radical (unpaired) electrons. The summed E-state index contributed by atoms with van der Waals surface area (Å²) >= 11 is 1.59. The second-order valence-electron chi connectivity index (χ2n) is 6.91. The van der Waals surface area contributed by atoms with Crippen molar-refractivity contribution in [3.8, 4) is 0 Å². The molecule has 4 nitrogen and oxygen atoms in total. The summed E-state index contributed by atoms with van der Waals surface area (Å²) in [7, 11) is 0. The third-order valence-electron chi connectivity index (χ3n) is 5.38. The van der Waals surface area contributed by atoms with Crippen molar-refractivity contribution >= 4 is 23.2 Å². The number of piperidine rings is 2. The molecule has 2 amide bonds. The van der Waals surface area contributed by atoms with E-state index in [1.165, 1.54) is 12.8 Å². The Morgan fingerprint density at radius 3 is 2.73 bits per heavy atom. The Bertz CT molecular complexity index is 608. The van der Waals surface area contributed by atoms with E-state index in [-0.39, 0.29) is 5.91 Å². The molecule has 3 fully saturated rings. The van der Waals surface area contributed by atoms with E-state index < -0.39 is 0 Å². The number of fused-ring (bicyclic) bond motifs is 1. The number of carbonyl (C=O) groups excluding carboxylic acids is 2. The molecule has 0 N–H and O–H groups in total. The standard InChI is InChI=1S/C17H22N2O2S/c1-11-9-22-10-14(11)17(21)18-7-6-15-12(8-18)2-5-16(20)19(15)13-3-4-13/h9-10,12-13,15H,2-8H2,1H3/t12-,15-/m1/s1. The summed E-state index contributed by atoms with van der Waals surface area (Å²) in [5.41, 5.74) is 1.94. The van der Waals surface area contributed by atoms with Crippen LogP contribution in [-0.2, 0) is 4.79 Å². The fourth-order valence-corrected chi connectivity index (χ4v) is 4.88. The van der Waals surface area contributed by atoms with E-state index in [0.717, 1.165) is 37.1 Å². The third-order valence-corrected chi connectivity index (χ3v) is 6.24. The highest BCUT2D eigenvalue weighted by atomic mass is 32.1. The second kappa shape index (κ2) is 5.37. The van der Waals surface area contributed by atoms with Crippen LogP contribution in [-0.4, -0.2) is 46.8 Å². The summed E-state index contributed by atoms with van der Waals surface area (Å²) in [6.07, 6.45) is 4.90. The van der Waals surface area contributed by atoms with Gasteiger partial charge in [0.25, 0.3) is 5.91 Å². The quantitative estimate of drug-likeness (QED) is 0.841. The molecule has 1 aromatic rings. The molecule has 1 aliphatic carbocycles. The van der Waals surface area contributed by atoms with Crippen molar-refractivity contribution in [2.24, 2.45) is 5.92 Å². The van der Waals surface area contributed by atoms with Crippen LogP contribution in [0.25, 0.3) is 0 Å². The molecule has 3 aliphatic rings. The second-order valence-corrected chi connectivity index (χ2v) is 7.65. The van der Waals surface area contributed by atoms with Crippen LogP contribution in [0.2, 0.25) is 0 Å². The van der Waals surface area contributed by atoms with Crippen molar-refractivity contribution in [2.45, 2.75) is 51.1 Å². The number of amides is 2. The van der Waals surface area contributed by atoms with E-state index in [0.29, 0.717) is 30.3 Å². The number of nitrogens with zero attached hydrogens (tertiary/aromatic N) is 2. The highest BCUT2D eigenvalue weighted by Gasteiger charge is 2.45. The van der Waals surface area contributed by atoms with Crippen LogP contribution in [0.15, 0.2) is 10.8 Å². The van der Waals surface area contributed by atoms with Crippen LogP contribution < -0.4 is 0 Å². The Morgan fingerprint density at radius 2 is 2.05 bits per heavy atom. The summed E-state index contributed by atoms with van der Waals surface area (Å²) in [6, 6.07) is 0.878. The molecule has 1 saturated carbocycles. The Hall–Kier alpha value is -1.36. The van der Waals surface area contributed by atoms with Gasteiger partial charge in [-0.3, -0.25) is 9.59 Å². The zero-order valence-electron chi connectivity index (χ0n) is 13.0. The fraction of sp³-hybridized carbons (Fsp3) is 0.647. The van der Waals surface area contributed by atoms with Gasteiger partial charge in [-0.15, -0.1) is 0 Å². The molecule has 0 spiro atoms. The molecule has 118 valence electrons. The van der Waals surface area contributed by atoms with Crippen LogP contribution >= 0.6 is 11.3 Å². The van der Waals surface area contributed by atoms with Gasteiger partial charge in [-0.05, 0) is 49.5 Å². The van der Waals surface area contributed by atoms with Gasteiger partial charge in [0, 0.05) is 37.0 Å². The molecule has 4 rings (SSSR count). The van der Waals surface area contributed by atoms with Crippen molar-refractivity contribution in [3.05, 3.63) is 21.9 Å². The van der Waals surface area contributed by atoms with Crippen molar-refractivity contribution in [1.82, 2.24) is 9.80 Å². The Kier molecular flexibility index (Phi) is 3.48. The van der Waals surface area contributed by atoms with Gasteiger partial charge in [-0.25, -0.2) is 0 Å². The number of hydrogen-bond acceptors (Lipinski definition) is 3. The lowest BCUT2D eigenvalue weighted by Gasteiger charge is -2.47. The van der Waals surface area contributed by atoms with E-state index in [4.69, 9.17) is 0 Å². The van der Waals surface area contributed by atoms with E-state index in [9.17, 15) is 9.59 Å². The van der Waals surface area contributed by atoms with Crippen molar-refractivity contribution in [1.29, 1.82) is 0 Å². The van der Waals surface area contributed by atoms with Crippen molar-refractivity contribution in [3.63, 3.8) is 0 Å². The van der Waals surface area contributed by atoms with Crippen molar-refractivity contribution < 1.29 is 9.59 Å². The number of aryl methyl sites for hydroxylation is 1. The van der Waals surface area contributed by atoms with Gasteiger partial charge < -0.3 is 9.80 Å². The average molecular weight is 318 g/mol. The fourth-order valence-electron chi connectivity index (χ4n) is 4.05. The molecule has 2 saturated heterocycles. The van der Waals surface area contributed by atoms with Gasteiger partial charge in [0.1, 0.15) is 0 Å². The Labute approximate surface area is 135 Å². The summed E-state index contributed by atoms with van der Waals surface area (Å²) in [5, 5.41) is 4.00. The van der Waals surface area contributed by atoms with Crippen LogP contribution in [0.3, 0.4) is 0 Å². The highest BCUT2D eigenvalue weighted by Crippen LogP contribution is 2.39. The molecule has 1 aromatic heterocycles. The summed E-state index contributed by atoms with van der Waals surface area (Å²) < 4.78 is 0. The lowest BCUT2D eigenvalue weighted by Crippen LogP contribution is -2.57.